The van der Waals surface area contributed by atoms with Gasteiger partial charge in [0.2, 0.25) is 5.79 Å². The summed E-state index contributed by atoms with van der Waals surface area (Å²) in [7, 11) is 0. The van der Waals surface area contributed by atoms with E-state index in [0.717, 1.165) is 42.4 Å². The van der Waals surface area contributed by atoms with Crippen LogP contribution in [0.15, 0.2) is 90.6 Å². The van der Waals surface area contributed by atoms with E-state index in [2.05, 4.69) is 24.6 Å². The number of aliphatic hydroxyl groups excluding tert-OH is 3. The smallest absolute Gasteiger partial charge is 0.412 e. The van der Waals surface area contributed by atoms with E-state index in [1.807, 2.05) is 43.3 Å². The number of rotatable bonds is 25. The number of hydrogen-bond donors (Lipinski definition) is 4. The summed E-state index contributed by atoms with van der Waals surface area (Å²) in [6.45, 7) is 10.6. The van der Waals surface area contributed by atoms with Crippen molar-refractivity contribution in [1.82, 2.24) is 10.2 Å². The summed E-state index contributed by atoms with van der Waals surface area (Å²) in [5.74, 6) is -1.60. The fraction of sp³-hybridized carbons (Fsp3) is 0.543. The van der Waals surface area contributed by atoms with Gasteiger partial charge in [-0.25, -0.2) is 9.59 Å². The van der Waals surface area contributed by atoms with Crippen LogP contribution in [0.1, 0.15) is 75.3 Å². The predicted octanol–water partition coefficient (Wildman–Crippen LogP) is 6.65. The van der Waals surface area contributed by atoms with Gasteiger partial charge in [-0.3, -0.25) is 4.90 Å². The van der Waals surface area contributed by atoms with Crippen molar-refractivity contribution in [2.45, 2.75) is 82.6 Å². The van der Waals surface area contributed by atoms with E-state index >= 15 is 0 Å². The molecule has 0 spiro atoms. The Morgan fingerprint density at radius 1 is 0.983 bits per heavy atom. The lowest BCUT2D eigenvalue weighted by Gasteiger charge is -2.59. The Morgan fingerprint density at radius 2 is 1.77 bits per heavy atom. The Hall–Kier alpha value is -4.73. The van der Waals surface area contributed by atoms with Crippen molar-refractivity contribution in [2.24, 2.45) is 22.9 Å². The Morgan fingerprint density at radius 3 is 2.48 bits per heavy atom. The van der Waals surface area contributed by atoms with Crippen molar-refractivity contribution in [3.63, 3.8) is 0 Å². The lowest BCUT2D eigenvalue weighted by molar-refractivity contribution is -0.256. The quantitative estimate of drug-likeness (QED) is 0.0479. The predicted molar refractivity (Wildman–Crippen MR) is 227 cm³/mol. The molecule has 2 aliphatic carbocycles. The van der Waals surface area contributed by atoms with Crippen molar-refractivity contribution in [3.05, 3.63) is 96.6 Å². The van der Waals surface area contributed by atoms with Gasteiger partial charge in [0.25, 0.3) is 0 Å². The van der Waals surface area contributed by atoms with Crippen LogP contribution >= 0.6 is 0 Å². The van der Waals surface area contributed by atoms with E-state index in [1.54, 1.807) is 29.2 Å². The Balaban J connectivity index is 1.69. The minimum Gasteiger partial charge on any atom is -0.459 e. The van der Waals surface area contributed by atoms with Gasteiger partial charge in [0.1, 0.15) is 24.1 Å². The van der Waals surface area contributed by atoms with Crippen LogP contribution in [0.5, 0.6) is 11.5 Å². The first-order valence-electron chi connectivity index (χ1n) is 21.3. The molecule has 1 aliphatic heterocycles. The Bertz CT molecular complexity index is 1750. The highest BCUT2D eigenvalue weighted by atomic mass is 16.7. The molecule has 4 N–H and O–H groups in total. The zero-order chi connectivity index (χ0) is 42.7. The van der Waals surface area contributed by atoms with Crippen LogP contribution < -0.4 is 14.8 Å². The van der Waals surface area contributed by atoms with Gasteiger partial charge in [-0.2, -0.15) is 0 Å². The van der Waals surface area contributed by atoms with E-state index in [1.165, 1.54) is 0 Å². The molecule has 0 saturated heterocycles. The number of carbonyl (C=O) groups excluding carboxylic acids is 2. The first-order chi connectivity index (χ1) is 29.3. The number of nitrogens with zero attached hydrogens (tertiary/aromatic N) is 2. The molecule has 0 aromatic heterocycles. The van der Waals surface area contributed by atoms with Crippen LogP contribution in [0.4, 0.5) is 9.59 Å². The maximum absolute atomic E-state index is 14.3. The zero-order valence-electron chi connectivity index (χ0n) is 34.9. The topological polar surface area (TPSA) is 178 Å². The molecule has 14 heteroatoms. The van der Waals surface area contributed by atoms with E-state index in [-0.39, 0.29) is 77.0 Å². The van der Waals surface area contributed by atoms with Gasteiger partial charge in [0.05, 0.1) is 44.7 Å². The van der Waals surface area contributed by atoms with Crippen LogP contribution in [-0.4, -0.2) is 109 Å². The second-order valence-corrected chi connectivity index (χ2v) is 15.1. The minimum absolute atomic E-state index is 0.0172. The molecule has 328 valence electrons. The highest BCUT2D eigenvalue weighted by Gasteiger charge is 2.65. The van der Waals surface area contributed by atoms with Crippen molar-refractivity contribution >= 4 is 17.9 Å². The van der Waals surface area contributed by atoms with Crippen LogP contribution in [0.2, 0.25) is 0 Å². The van der Waals surface area contributed by atoms with Gasteiger partial charge in [-0.05, 0) is 80.2 Å². The van der Waals surface area contributed by atoms with Crippen molar-refractivity contribution in [2.75, 3.05) is 59.4 Å². The third kappa shape index (κ3) is 11.5. The molecule has 0 unspecified atom stereocenters. The summed E-state index contributed by atoms with van der Waals surface area (Å²) in [6.07, 6.45) is 9.28. The van der Waals surface area contributed by atoms with Gasteiger partial charge in [0, 0.05) is 44.2 Å². The maximum atomic E-state index is 14.3. The molecule has 0 radical (unpaired) electrons. The zero-order valence-corrected chi connectivity index (χ0v) is 34.9. The molecule has 6 atom stereocenters. The average Bonchev–Trinajstić information content (AvgIpc) is 3.26. The molecular weight excluding hydrogens is 771 g/mol. The lowest BCUT2D eigenvalue weighted by Crippen LogP contribution is -2.70. The molecule has 60 heavy (non-hydrogen) atoms. The number of carbonyl (C=O) groups is 2. The van der Waals surface area contributed by atoms with E-state index in [9.17, 15) is 24.9 Å². The summed E-state index contributed by atoms with van der Waals surface area (Å²) in [5.41, 5.74) is 3.24. The molecule has 2 amide bonds. The minimum atomic E-state index is -1.52. The first kappa shape index (κ1) is 46.3. The van der Waals surface area contributed by atoms with Gasteiger partial charge in [-0.1, -0.05) is 66.6 Å². The molecule has 0 bridgehead atoms. The second kappa shape index (κ2) is 23.9. The number of allylic oxidation sites excluding steroid dienone is 1. The number of nitrogens with one attached hydrogen (secondary N) is 1. The fourth-order valence-corrected chi connectivity index (χ4v) is 8.78. The fourth-order valence-electron chi connectivity index (χ4n) is 8.78. The first-order valence-corrected chi connectivity index (χ1v) is 21.3. The lowest BCUT2D eigenvalue weighted by atomic mass is 9.55. The number of oxime groups is 1. The molecule has 2 aromatic carbocycles. The molecule has 5 rings (SSSR count). The molecule has 14 nitrogen and oxygen atoms in total. The number of unbranched alkanes of at least 4 members (excludes halogenated alkanes) is 2. The summed E-state index contributed by atoms with van der Waals surface area (Å²) in [4.78, 5) is 34.8. The van der Waals surface area contributed by atoms with Crippen molar-refractivity contribution in [3.8, 4) is 11.5 Å². The van der Waals surface area contributed by atoms with E-state index in [0.29, 0.717) is 49.6 Å². The monoisotopic (exact) mass is 833 g/mol. The number of ether oxygens (including phenoxy) is 5. The molecule has 1 saturated carbocycles. The highest BCUT2D eigenvalue weighted by Crippen LogP contribution is 2.62. The van der Waals surface area contributed by atoms with Gasteiger partial charge >= 0.3 is 12.2 Å². The number of fused-ring (bicyclic) bond motifs is 2. The van der Waals surface area contributed by atoms with E-state index in [4.69, 9.17) is 33.7 Å². The van der Waals surface area contributed by atoms with Crippen LogP contribution in [-0.2, 0) is 25.6 Å². The summed E-state index contributed by atoms with van der Waals surface area (Å²) >= 11 is 0. The highest BCUT2D eigenvalue weighted by molar-refractivity contribution is 6.03. The van der Waals surface area contributed by atoms with Crippen LogP contribution in [0, 0.1) is 17.8 Å². The van der Waals surface area contributed by atoms with Crippen LogP contribution in [0.25, 0.3) is 0 Å². The second-order valence-electron chi connectivity index (χ2n) is 15.1. The standard InChI is InChI=1S/C46H63N3O11/c1-4-7-26-56-45(54)49(21-27-55-28-24-52)41-31-39(48-58-6-3)37-29-34(17-11-13-22-50)36(18-12-14-23-51)42-38-30-35(59-44(53)47-32-33-15-9-8-10-16-33)19-20-40(38)60-46(41,43(37)42)57-25-5-2/h4-5,8-10,15-16,19-20,29-30,34,36,41-43,50-52H,1-2,6-7,11-14,17-18,21-28,31-32H2,3H3,(H,47,53)/t34-,36+,41-,42+,43+,46+/m0/s1. The molecule has 1 fully saturated rings. The summed E-state index contributed by atoms with van der Waals surface area (Å²) in [5, 5.41) is 36.8. The van der Waals surface area contributed by atoms with Gasteiger partial charge < -0.3 is 49.2 Å². The number of aliphatic hydroxyl groups is 3. The largest absolute Gasteiger partial charge is 0.459 e. The molecule has 3 aliphatic rings. The molecular formula is C46H63N3O11. The van der Waals surface area contributed by atoms with Gasteiger partial charge in [-0.15, -0.1) is 13.2 Å². The third-order valence-electron chi connectivity index (χ3n) is 11.3. The third-order valence-corrected chi connectivity index (χ3v) is 11.3. The van der Waals surface area contributed by atoms with Crippen LogP contribution in [0.3, 0.4) is 0 Å². The number of benzene rings is 2. The Labute approximate surface area is 353 Å². The Kier molecular flexibility index (Phi) is 18.5. The van der Waals surface area contributed by atoms with E-state index < -0.39 is 29.9 Å². The van der Waals surface area contributed by atoms with Crippen molar-refractivity contribution in [1.29, 1.82) is 0 Å². The molecule has 2 aromatic rings. The average molecular weight is 834 g/mol. The summed E-state index contributed by atoms with van der Waals surface area (Å²) < 4.78 is 31.6. The van der Waals surface area contributed by atoms with Gasteiger partial charge in [0.15, 0.2) is 0 Å². The maximum Gasteiger partial charge on any atom is 0.412 e. The number of hydrogen-bond acceptors (Lipinski definition) is 12. The normalized spacial score (nSPS) is 23.3. The number of amides is 2. The van der Waals surface area contributed by atoms with Crippen molar-refractivity contribution < 1.29 is 53.4 Å². The molecule has 1 heterocycles. The SMILES string of the molecule is C=CCCOC(=O)N(CCOCCO)[C@H]1CC(=NOCC)C2=C[C@H](CCCCO)[C@@H](CCCCO)[C@@H]3c4cc(OC(=O)NCc5ccccc5)ccc4O[C@@]1(OCC=C)[C@H]23. The summed E-state index contributed by atoms with van der Waals surface area (Å²) in [6, 6.07) is 14.1.